The quantitative estimate of drug-likeness (QED) is 0.937. The largest absolute Gasteiger partial charge is 0.349 e. The average Bonchev–Trinajstić information content (AvgIpc) is 2.63. The molecule has 0 bridgehead atoms. The summed E-state index contributed by atoms with van der Waals surface area (Å²) in [6, 6.07) is 7.99. The number of nitrogens with one attached hydrogen (secondary N) is 1. The highest BCUT2D eigenvalue weighted by molar-refractivity contribution is 5.79. The van der Waals surface area contributed by atoms with Crippen LogP contribution in [0, 0.1) is 11.7 Å². The van der Waals surface area contributed by atoms with Gasteiger partial charge >= 0.3 is 0 Å². The lowest BCUT2D eigenvalue weighted by Crippen LogP contribution is -2.41. The van der Waals surface area contributed by atoms with Crippen molar-refractivity contribution in [3.63, 3.8) is 0 Å². The Morgan fingerprint density at radius 3 is 2.54 bits per heavy atom. The number of piperidine rings is 1. The molecule has 1 N–H and O–H groups in total. The number of amides is 1. The Morgan fingerprint density at radius 2 is 1.88 bits per heavy atom. The first-order chi connectivity index (χ1) is 11.6. The number of aromatic nitrogens is 2. The highest BCUT2D eigenvalue weighted by Gasteiger charge is 2.27. The summed E-state index contributed by atoms with van der Waals surface area (Å²) in [5, 5.41) is 2.93. The standard InChI is InChI=1S/C18H21FN4O/c1-13(15-5-2-3-6-16(15)19)22-17(24)14-7-11-23(12-8-14)18-20-9-4-10-21-18/h2-6,9-10,13-14H,7-8,11-12H2,1H3,(H,22,24)/t13-/m1/s1. The van der Waals surface area contributed by atoms with Crippen molar-refractivity contribution in [1.82, 2.24) is 15.3 Å². The van der Waals surface area contributed by atoms with Gasteiger partial charge in [0.15, 0.2) is 0 Å². The summed E-state index contributed by atoms with van der Waals surface area (Å²) in [6.45, 7) is 3.30. The zero-order chi connectivity index (χ0) is 16.9. The molecule has 1 saturated heterocycles. The van der Waals surface area contributed by atoms with E-state index in [2.05, 4.69) is 20.2 Å². The second-order valence-electron chi connectivity index (χ2n) is 6.06. The number of hydrogen-bond donors (Lipinski definition) is 1. The predicted octanol–water partition coefficient (Wildman–Crippen LogP) is 2.71. The molecule has 1 atom stereocenters. The van der Waals surface area contributed by atoms with Gasteiger partial charge in [0.25, 0.3) is 0 Å². The van der Waals surface area contributed by atoms with Gasteiger partial charge in [0, 0.05) is 37.0 Å². The molecule has 1 aliphatic heterocycles. The zero-order valence-corrected chi connectivity index (χ0v) is 13.7. The second kappa shape index (κ2) is 7.38. The van der Waals surface area contributed by atoms with E-state index in [-0.39, 0.29) is 23.7 Å². The lowest BCUT2D eigenvalue weighted by atomic mass is 9.95. The van der Waals surface area contributed by atoms with Crippen LogP contribution in [-0.4, -0.2) is 29.0 Å². The Morgan fingerprint density at radius 1 is 1.21 bits per heavy atom. The smallest absolute Gasteiger partial charge is 0.225 e. The van der Waals surface area contributed by atoms with Crippen LogP contribution in [0.5, 0.6) is 0 Å². The van der Waals surface area contributed by atoms with Crippen LogP contribution in [-0.2, 0) is 4.79 Å². The van der Waals surface area contributed by atoms with Crippen LogP contribution in [0.3, 0.4) is 0 Å². The Balaban J connectivity index is 1.55. The molecule has 2 heterocycles. The number of benzene rings is 1. The van der Waals surface area contributed by atoms with Gasteiger partial charge in [0.1, 0.15) is 5.82 Å². The topological polar surface area (TPSA) is 58.1 Å². The molecule has 0 aliphatic carbocycles. The van der Waals surface area contributed by atoms with E-state index in [1.807, 2.05) is 6.92 Å². The number of halogens is 1. The Hall–Kier alpha value is -2.50. The molecule has 0 unspecified atom stereocenters. The fourth-order valence-electron chi connectivity index (χ4n) is 3.03. The zero-order valence-electron chi connectivity index (χ0n) is 13.7. The number of carbonyl (C=O) groups excluding carboxylic acids is 1. The second-order valence-corrected chi connectivity index (χ2v) is 6.06. The molecule has 0 radical (unpaired) electrons. The van der Waals surface area contributed by atoms with Crippen LogP contribution in [0.15, 0.2) is 42.7 Å². The van der Waals surface area contributed by atoms with Crippen molar-refractivity contribution in [2.45, 2.75) is 25.8 Å². The maximum atomic E-state index is 13.8. The fourth-order valence-corrected chi connectivity index (χ4v) is 3.03. The van der Waals surface area contributed by atoms with Crippen LogP contribution in [0.2, 0.25) is 0 Å². The van der Waals surface area contributed by atoms with Crippen molar-refractivity contribution >= 4 is 11.9 Å². The summed E-state index contributed by atoms with van der Waals surface area (Å²) in [5.74, 6) is 0.344. The summed E-state index contributed by atoms with van der Waals surface area (Å²) in [5.41, 5.74) is 0.515. The highest BCUT2D eigenvalue weighted by Crippen LogP contribution is 2.22. The first kappa shape index (κ1) is 16.4. The van der Waals surface area contributed by atoms with Crippen LogP contribution in [0.25, 0.3) is 0 Å². The lowest BCUT2D eigenvalue weighted by molar-refractivity contribution is -0.126. The third kappa shape index (κ3) is 3.69. The van der Waals surface area contributed by atoms with Gasteiger partial charge in [-0.25, -0.2) is 14.4 Å². The van der Waals surface area contributed by atoms with E-state index in [4.69, 9.17) is 0 Å². The van der Waals surface area contributed by atoms with Gasteiger partial charge in [-0.2, -0.15) is 0 Å². The molecule has 5 nitrogen and oxygen atoms in total. The average molecular weight is 328 g/mol. The molecular formula is C18H21FN4O. The van der Waals surface area contributed by atoms with E-state index in [1.165, 1.54) is 6.07 Å². The van der Waals surface area contributed by atoms with Gasteiger partial charge < -0.3 is 10.2 Å². The normalized spacial score (nSPS) is 16.7. The first-order valence-corrected chi connectivity index (χ1v) is 8.22. The van der Waals surface area contributed by atoms with E-state index < -0.39 is 0 Å². The van der Waals surface area contributed by atoms with Crippen LogP contribution < -0.4 is 10.2 Å². The van der Waals surface area contributed by atoms with Crippen molar-refractivity contribution in [3.05, 3.63) is 54.1 Å². The van der Waals surface area contributed by atoms with Crippen LogP contribution in [0.4, 0.5) is 10.3 Å². The molecule has 126 valence electrons. The van der Waals surface area contributed by atoms with Gasteiger partial charge in [0.2, 0.25) is 11.9 Å². The maximum absolute atomic E-state index is 13.8. The van der Waals surface area contributed by atoms with Crippen molar-refractivity contribution in [1.29, 1.82) is 0 Å². The van der Waals surface area contributed by atoms with Gasteiger partial charge in [-0.15, -0.1) is 0 Å². The molecule has 1 aliphatic rings. The molecule has 0 saturated carbocycles. The van der Waals surface area contributed by atoms with Crippen molar-refractivity contribution in [2.24, 2.45) is 5.92 Å². The summed E-state index contributed by atoms with van der Waals surface area (Å²) < 4.78 is 13.8. The van der Waals surface area contributed by atoms with Crippen molar-refractivity contribution < 1.29 is 9.18 Å². The number of rotatable bonds is 4. The summed E-state index contributed by atoms with van der Waals surface area (Å²) in [4.78, 5) is 23.0. The molecule has 3 rings (SSSR count). The minimum atomic E-state index is -0.339. The van der Waals surface area contributed by atoms with Gasteiger partial charge in [-0.05, 0) is 31.9 Å². The van der Waals surface area contributed by atoms with Crippen molar-refractivity contribution in [2.75, 3.05) is 18.0 Å². The monoisotopic (exact) mass is 328 g/mol. The van der Waals surface area contributed by atoms with Crippen molar-refractivity contribution in [3.8, 4) is 0 Å². The molecule has 1 aromatic heterocycles. The van der Waals surface area contributed by atoms with E-state index in [1.54, 1.807) is 36.7 Å². The fraction of sp³-hybridized carbons (Fsp3) is 0.389. The Kier molecular flexibility index (Phi) is 5.03. The van der Waals surface area contributed by atoms with E-state index in [0.717, 1.165) is 25.9 Å². The van der Waals surface area contributed by atoms with Crippen LogP contribution in [0.1, 0.15) is 31.4 Å². The molecule has 24 heavy (non-hydrogen) atoms. The summed E-state index contributed by atoms with van der Waals surface area (Å²) in [6.07, 6.45) is 4.93. The molecule has 1 aromatic carbocycles. The number of nitrogens with zero attached hydrogens (tertiary/aromatic N) is 3. The molecule has 6 heteroatoms. The molecule has 1 amide bonds. The predicted molar refractivity (Wildman–Crippen MR) is 89.9 cm³/mol. The molecule has 2 aromatic rings. The maximum Gasteiger partial charge on any atom is 0.225 e. The Labute approximate surface area is 140 Å². The number of carbonyl (C=O) groups is 1. The highest BCUT2D eigenvalue weighted by atomic mass is 19.1. The first-order valence-electron chi connectivity index (χ1n) is 8.22. The summed E-state index contributed by atoms with van der Waals surface area (Å²) in [7, 11) is 0. The van der Waals surface area contributed by atoms with E-state index in [0.29, 0.717) is 11.5 Å². The van der Waals surface area contributed by atoms with E-state index >= 15 is 0 Å². The Bertz CT molecular complexity index is 686. The van der Waals surface area contributed by atoms with Gasteiger partial charge in [-0.1, -0.05) is 18.2 Å². The molecular weight excluding hydrogens is 307 g/mol. The van der Waals surface area contributed by atoms with Gasteiger partial charge in [-0.3, -0.25) is 4.79 Å². The molecule has 0 spiro atoms. The van der Waals surface area contributed by atoms with E-state index in [9.17, 15) is 9.18 Å². The third-order valence-electron chi connectivity index (χ3n) is 4.43. The SMILES string of the molecule is C[C@@H](NC(=O)C1CCN(c2ncccn2)CC1)c1ccccc1F. The van der Waals surface area contributed by atoms with Gasteiger partial charge in [0.05, 0.1) is 6.04 Å². The number of hydrogen-bond acceptors (Lipinski definition) is 4. The van der Waals surface area contributed by atoms with Crippen LogP contribution >= 0.6 is 0 Å². The minimum absolute atomic E-state index is 0.0145. The number of anilines is 1. The summed E-state index contributed by atoms with van der Waals surface area (Å²) >= 11 is 0. The molecule has 1 fully saturated rings. The minimum Gasteiger partial charge on any atom is -0.349 e. The lowest BCUT2D eigenvalue weighted by Gasteiger charge is -2.31. The third-order valence-corrected chi connectivity index (χ3v) is 4.43.